The van der Waals surface area contributed by atoms with Crippen molar-refractivity contribution in [2.75, 3.05) is 6.61 Å². The molecule has 1 aliphatic heterocycles. The van der Waals surface area contributed by atoms with Gasteiger partial charge in [0.05, 0.1) is 23.0 Å². The van der Waals surface area contributed by atoms with Crippen LogP contribution in [0.4, 0.5) is 5.69 Å². The van der Waals surface area contributed by atoms with E-state index in [2.05, 4.69) is 21.2 Å². The maximum atomic E-state index is 13.5. The molecule has 2 aliphatic rings. The number of carbonyl (C=O) groups is 2. The third-order valence-corrected chi connectivity index (χ3v) is 6.32. The molecule has 1 aromatic rings. The number of dihydropyridines is 1. The zero-order valence-corrected chi connectivity index (χ0v) is 20.3. The highest BCUT2D eigenvalue weighted by Crippen LogP contribution is 2.50. The number of nitro groups is 1. The van der Waals surface area contributed by atoms with Gasteiger partial charge in [-0.25, -0.2) is 4.79 Å². The smallest absolute Gasteiger partial charge is 0.336 e. The molecule has 0 amide bonds. The van der Waals surface area contributed by atoms with Gasteiger partial charge in [0.1, 0.15) is 0 Å². The lowest BCUT2D eigenvalue weighted by Crippen LogP contribution is -2.40. The van der Waals surface area contributed by atoms with E-state index in [1.54, 1.807) is 6.92 Å². The van der Waals surface area contributed by atoms with Crippen molar-refractivity contribution in [2.45, 2.75) is 53.4 Å². The summed E-state index contributed by atoms with van der Waals surface area (Å²) >= 11 is 3.27. The van der Waals surface area contributed by atoms with Crippen LogP contribution >= 0.6 is 15.9 Å². The average Bonchev–Trinajstić information content (AvgIpc) is 2.69. The van der Waals surface area contributed by atoms with Crippen molar-refractivity contribution in [1.82, 2.24) is 5.32 Å². The SMILES string of the molecule is CC1=C(C(=O)OCC(C)C)C(c2cc(Br)cc([N+](=O)[O-])c2O)C2=C(CCC(C)(C)C2=O)N1. The average molecular weight is 507 g/mol. The molecule has 3 rings (SSSR count). The first-order chi connectivity index (χ1) is 14.8. The number of carbonyl (C=O) groups excluding carboxylic acids is 2. The Labute approximate surface area is 195 Å². The fourth-order valence-electron chi connectivity index (χ4n) is 4.14. The summed E-state index contributed by atoms with van der Waals surface area (Å²) in [5, 5.41) is 25.6. The number of esters is 1. The Hall–Kier alpha value is -2.68. The zero-order valence-electron chi connectivity index (χ0n) is 18.7. The Balaban J connectivity index is 2.27. The van der Waals surface area contributed by atoms with Crippen molar-refractivity contribution in [3.8, 4) is 5.75 Å². The summed E-state index contributed by atoms with van der Waals surface area (Å²) in [6, 6.07) is 2.70. The lowest BCUT2D eigenvalue weighted by Gasteiger charge is -2.39. The van der Waals surface area contributed by atoms with Crippen molar-refractivity contribution in [1.29, 1.82) is 0 Å². The van der Waals surface area contributed by atoms with E-state index in [1.165, 1.54) is 12.1 Å². The number of benzene rings is 1. The number of rotatable bonds is 5. The molecule has 1 aromatic carbocycles. The summed E-state index contributed by atoms with van der Waals surface area (Å²) in [6.45, 7) is 9.36. The van der Waals surface area contributed by atoms with Gasteiger partial charge >= 0.3 is 11.7 Å². The minimum absolute atomic E-state index is 0.0974. The van der Waals surface area contributed by atoms with E-state index in [1.807, 2.05) is 27.7 Å². The predicted octanol–water partition coefficient (Wildman–Crippen LogP) is 4.87. The molecule has 0 spiro atoms. The van der Waals surface area contributed by atoms with E-state index >= 15 is 0 Å². The number of phenolic OH excluding ortho intramolecular Hbond substituents is 1. The first-order valence-corrected chi connectivity index (χ1v) is 11.2. The lowest BCUT2D eigenvalue weighted by atomic mass is 9.67. The molecule has 0 bridgehead atoms. The molecule has 0 saturated carbocycles. The number of nitrogens with zero attached hydrogens (tertiary/aromatic N) is 1. The van der Waals surface area contributed by atoms with Crippen molar-refractivity contribution in [2.24, 2.45) is 11.3 Å². The molecule has 0 aromatic heterocycles. The number of hydrogen-bond acceptors (Lipinski definition) is 7. The van der Waals surface area contributed by atoms with Crippen LogP contribution in [-0.2, 0) is 14.3 Å². The number of aromatic hydroxyl groups is 1. The molecule has 0 fully saturated rings. The number of halogens is 1. The van der Waals surface area contributed by atoms with Crippen molar-refractivity contribution in [3.63, 3.8) is 0 Å². The number of phenols is 1. The Kier molecular flexibility index (Phi) is 6.51. The highest BCUT2D eigenvalue weighted by atomic mass is 79.9. The van der Waals surface area contributed by atoms with Gasteiger partial charge in [-0.3, -0.25) is 14.9 Å². The van der Waals surface area contributed by atoms with Crippen LogP contribution in [0.1, 0.15) is 58.9 Å². The Morgan fingerprint density at radius 1 is 1.41 bits per heavy atom. The molecule has 1 unspecified atom stereocenters. The number of allylic oxidation sites excluding steroid dienone is 3. The minimum Gasteiger partial charge on any atom is -0.502 e. The molecule has 2 N–H and O–H groups in total. The van der Waals surface area contributed by atoms with Crippen LogP contribution in [-0.4, -0.2) is 28.4 Å². The number of nitrogens with one attached hydrogen (secondary N) is 1. The number of hydrogen-bond donors (Lipinski definition) is 2. The van der Waals surface area contributed by atoms with Gasteiger partial charge in [0.25, 0.3) is 0 Å². The van der Waals surface area contributed by atoms with Crippen LogP contribution in [0.2, 0.25) is 0 Å². The number of ketones is 1. The van der Waals surface area contributed by atoms with Crippen LogP contribution in [0.5, 0.6) is 5.75 Å². The first kappa shape index (κ1) is 24.0. The largest absolute Gasteiger partial charge is 0.502 e. The summed E-state index contributed by atoms with van der Waals surface area (Å²) < 4.78 is 5.84. The van der Waals surface area contributed by atoms with Crippen molar-refractivity contribution >= 4 is 33.4 Å². The Morgan fingerprint density at radius 2 is 2.06 bits per heavy atom. The predicted molar refractivity (Wildman–Crippen MR) is 122 cm³/mol. The van der Waals surface area contributed by atoms with Gasteiger partial charge in [0.15, 0.2) is 11.5 Å². The van der Waals surface area contributed by atoms with Gasteiger partial charge in [-0.1, -0.05) is 43.6 Å². The Morgan fingerprint density at radius 3 is 2.66 bits per heavy atom. The Bertz CT molecular complexity index is 1070. The van der Waals surface area contributed by atoms with Crippen LogP contribution in [0, 0.1) is 21.4 Å². The molecular weight excluding hydrogens is 480 g/mol. The lowest BCUT2D eigenvalue weighted by molar-refractivity contribution is -0.386. The molecule has 172 valence electrons. The zero-order chi connectivity index (χ0) is 24.0. The van der Waals surface area contributed by atoms with Gasteiger partial charge in [0, 0.05) is 38.5 Å². The summed E-state index contributed by atoms with van der Waals surface area (Å²) in [5.41, 5.74) is 0.595. The fraction of sp³-hybridized carbons (Fsp3) is 0.478. The van der Waals surface area contributed by atoms with Crippen LogP contribution in [0.25, 0.3) is 0 Å². The summed E-state index contributed by atoms with van der Waals surface area (Å²) in [4.78, 5) is 37.5. The highest BCUT2D eigenvalue weighted by Gasteiger charge is 2.46. The molecule has 1 heterocycles. The van der Waals surface area contributed by atoms with Gasteiger partial charge in [-0.15, -0.1) is 0 Å². The standard InChI is InChI=1S/C23H27BrN2O6/c1-11(2)10-32-22(29)17-12(3)25-15-6-7-23(4,5)21(28)19(15)18(17)14-8-13(24)9-16(20(14)27)26(30)31/h8-9,11,18,25,27H,6-7,10H2,1-5H3. The van der Waals surface area contributed by atoms with E-state index in [4.69, 9.17) is 4.74 Å². The van der Waals surface area contributed by atoms with E-state index in [9.17, 15) is 24.8 Å². The maximum absolute atomic E-state index is 13.5. The van der Waals surface area contributed by atoms with Crippen LogP contribution in [0.15, 0.2) is 39.1 Å². The van der Waals surface area contributed by atoms with E-state index < -0.39 is 33.7 Å². The van der Waals surface area contributed by atoms with Crippen LogP contribution in [0.3, 0.4) is 0 Å². The molecule has 32 heavy (non-hydrogen) atoms. The van der Waals surface area contributed by atoms with Crippen molar-refractivity contribution < 1.29 is 24.4 Å². The molecular formula is C23H27BrN2O6. The van der Waals surface area contributed by atoms with Gasteiger partial charge in [-0.2, -0.15) is 0 Å². The third kappa shape index (κ3) is 4.30. The molecule has 9 heteroatoms. The minimum atomic E-state index is -0.991. The fourth-order valence-corrected chi connectivity index (χ4v) is 4.61. The van der Waals surface area contributed by atoms with E-state index in [-0.39, 0.29) is 29.4 Å². The van der Waals surface area contributed by atoms with Crippen molar-refractivity contribution in [3.05, 3.63) is 54.8 Å². The second-order valence-corrected chi connectivity index (χ2v) is 10.2. The summed E-state index contributed by atoms with van der Waals surface area (Å²) in [6.07, 6.45) is 1.20. The number of Topliss-reactive ketones (excluding diaryl/α,β-unsaturated/α-hetero) is 1. The maximum Gasteiger partial charge on any atom is 0.336 e. The van der Waals surface area contributed by atoms with E-state index in [0.717, 1.165) is 0 Å². The topological polar surface area (TPSA) is 119 Å². The highest BCUT2D eigenvalue weighted by molar-refractivity contribution is 9.10. The molecule has 0 radical (unpaired) electrons. The van der Waals surface area contributed by atoms with E-state index in [0.29, 0.717) is 34.3 Å². The number of nitro benzene ring substituents is 1. The molecule has 1 atom stereocenters. The monoisotopic (exact) mass is 506 g/mol. The normalized spacial score (nSPS) is 20.2. The summed E-state index contributed by atoms with van der Waals surface area (Å²) in [7, 11) is 0. The van der Waals surface area contributed by atoms with Gasteiger partial charge in [0.2, 0.25) is 0 Å². The molecule has 8 nitrogen and oxygen atoms in total. The second-order valence-electron chi connectivity index (χ2n) is 9.31. The molecule has 1 aliphatic carbocycles. The van der Waals surface area contributed by atoms with Gasteiger partial charge < -0.3 is 15.2 Å². The first-order valence-electron chi connectivity index (χ1n) is 10.4. The van der Waals surface area contributed by atoms with Gasteiger partial charge in [-0.05, 0) is 31.7 Å². The van der Waals surface area contributed by atoms with Crippen LogP contribution < -0.4 is 5.32 Å². The quantitative estimate of drug-likeness (QED) is 0.332. The molecule has 0 saturated heterocycles. The second kappa shape index (κ2) is 8.69. The summed E-state index contributed by atoms with van der Waals surface area (Å²) in [5.74, 6) is -2.26. The third-order valence-electron chi connectivity index (χ3n) is 5.86. The number of ether oxygens (including phenoxy) is 1.